The van der Waals surface area contributed by atoms with Gasteiger partial charge in [0.1, 0.15) is 4.58 Å². The lowest BCUT2D eigenvalue weighted by atomic mass is 10.9. The van der Waals surface area contributed by atoms with E-state index in [1.165, 1.54) is 0 Å². The van der Waals surface area contributed by atoms with Gasteiger partial charge in [0.15, 0.2) is 10.7 Å². The second kappa shape index (κ2) is 3.73. The Morgan fingerprint density at radius 2 is 2.11 bits per heavy atom. The standard InChI is InChI=1S/C4H8O2S3/c5-9(6)4-3-7-1-2-8-4/h4,9H,1-3H2. The van der Waals surface area contributed by atoms with Crippen molar-refractivity contribution in [2.75, 3.05) is 17.3 Å². The molecule has 1 saturated heterocycles. The van der Waals surface area contributed by atoms with E-state index in [2.05, 4.69) is 0 Å². The Hall–Kier alpha value is 0.650. The predicted octanol–water partition coefficient (Wildman–Crippen LogP) is 0.404. The van der Waals surface area contributed by atoms with Crippen LogP contribution in [0.25, 0.3) is 0 Å². The van der Waals surface area contributed by atoms with Crippen molar-refractivity contribution in [2.24, 2.45) is 0 Å². The number of thioether (sulfide) groups is 2. The van der Waals surface area contributed by atoms with Crippen molar-refractivity contribution >= 4 is 34.2 Å². The van der Waals surface area contributed by atoms with Gasteiger partial charge in [0.2, 0.25) is 0 Å². The van der Waals surface area contributed by atoms with Gasteiger partial charge < -0.3 is 0 Å². The Morgan fingerprint density at radius 1 is 1.33 bits per heavy atom. The van der Waals surface area contributed by atoms with Gasteiger partial charge in [0.25, 0.3) is 0 Å². The van der Waals surface area contributed by atoms with Gasteiger partial charge in [-0.25, -0.2) is 8.42 Å². The Morgan fingerprint density at radius 3 is 2.44 bits per heavy atom. The van der Waals surface area contributed by atoms with E-state index in [-0.39, 0.29) is 4.58 Å². The summed E-state index contributed by atoms with van der Waals surface area (Å²) in [5.41, 5.74) is 0. The van der Waals surface area contributed by atoms with Gasteiger partial charge in [-0.2, -0.15) is 11.8 Å². The monoisotopic (exact) mass is 184 g/mol. The van der Waals surface area contributed by atoms with Crippen molar-refractivity contribution in [3.63, 3.8) is 0 Å². The van der Waals surface area contributed by atoms with E-state index in [1.54, 1.807) is 23.5 Å². The van der Waals surface area contributed by atoms with Crippen LogP contribution in [0.3, 0.4) is 0 Å². The van der Waals surface area contributed by atoms with Gasteiger partial charge in [0, 0.05) is 17.3 Å². The summed E-state index contributed by atoms with van der Waals surface area (Å²) in [6.45, 7) is 0. The average molecular weight is 184 g/mol. The van der Waals surface area contributed by atoms with Gasteiger partial charge in [-0.15, -0.1) is 11.8 Å². The van der Waals surface area contributed by atoms with E-state index in [4.69, 9.17) is 0 Å². The maximum Gasteiger partial charge on any atom is 0.153 e. The molecule has 1 atom stereocenters. The highest BCUT2D eigenvalue weighted by Crippen LogP contribution is 2.23. The molecule has 0 aromatic rings. The van der Waals surface area contributed by atoms with E-state index < -0.39 is 10.7 Å². The van der Waals surface area contributed by atoms with Gasteiger partial charge in [-0.3, -0.25) is 0 Å². The molecule has 9 heavy (non-hydrogen) atoms. The zero-order chi connectivity index (χ0) is 6.69. The maximum absolute atomic E-state index is 10.4. The average Bonchev–Trinajstić information content (AvgIpc) is 1.90. The van der Waals surface area contributed by atoms with Crippen molar-refractivity contribution in [3.05, 3.63) is 0 Å². The summed E-state index contributed by atoms with van der Waals surface area (Å²) >= 11 is 3.28. The maximum atomic E-state index is 10.4. The molecule has 1 heterocycles. The smallest absolute Gasteiger partial charge is 0.153 e. The molecule has 2 nitrogen and oxygen atoms in total. The van der Waals surface area contributed by atoms with Crippen LogP contribution >= 0.6 is 23.5 Å². The van der Waals surface area contributed by atoms with Gasteiger partial charge >= 0.3 is 0 Å². The van der Waals surface area contributed by atoms with Crippen molar-refractivity contribution in [2.45, 2.75) is 4.58 Å². The van der Waals surface area contributed by atoms with Crippen LogP contribution in [-0.4, -0.2) is 30.3 Å². The molecule has 1 aliphatic heterocycles. The molecular formula is C4H8O2S3. The lowest BCUT2D eigenvalue weighted by Gasteiger charge is -2.14. The first-order valence-electron chi connectivity index (χ1n) is 2.63. The second-order valence-electron chi connectivity index (χ2n) is 1.69. The summed E-state index contributed by atoms with van der Waals surface area (Å²) < 4.78 is 20.6. The molecule has 0 aromatic heterocycles. The number of hydrogen-bond donors (Lipinski definition) is 1. The molecule has 1 rings (SSSR count). The number of hydrogen-bond acceptors (Lipinski definition) is 4. The van der Waals surface area contributed by atoms with Gasteiger partial charge in [-0.05, 0) is 0 Å². The third kappa shape index (κ3) is 2.39. The molecule has 0 saturated carbocycles. The van der Waals surface area contributed by atoms with Crippen molar-refractivity contribution in [3.8, 4) is 0 Å². The van der Waals surface area contributed by atoms with Crippen LogP contribution in [-0.2, 0) is 10.7 Å². The normalized spacial score (nSPS) is 28.8. The molecule has 54 valence electrons. The lowest BCUT2D eigenvalue weighted by molar-refractivity contribution is 0.614. The summed E-state index contributed by atoms with van der Waals surface area (Å²) in [6, 6.07) is 0. The van der Waals surface area contributed by atoms with E-state index in [0.717, 1.165) is 17.3 Å². The van der Waals surface area contributed by atoms with Crippen LogP contribution in [0.5, 0.6) is 0 Å². The minimum atomic E-state index is -2.18. The van der Waals surface area contributed by atoms with E-state index in [9.17, 15) is 8.42 Å². The minimum Gasteiger partial charge on any atom is -0.231 e. The summed E-state index contributed by atoms with van der Waals surface area (Å²) in [4.78, 5) is 0. The predicted molar refractivity (Wildman–Crippen MR) is 43.9 cm³/mol. The molecule has 0 spiro atoms. The fourth-order valence-electron chi connectivity index (χ4n) is 0.597. The quantitative estimate of drug-likeness (QED) is 0.598. The van der Waals surface area contributed by atoms with E-state index in [0.29, 0.717) is 0 Å². The molecule has 1 fully saturated rings. The molecular weight excluding hydrogens is 176 g/mol. The van der Waals surface area contributed by atoms with Crippen LogP contribution in [0.1, 0.15) is 0 Å². The second-order valence-corrected chi connectivity index (χ2v) is 5.69. The fourth-order valence-corrected chi connectivity index (χ4v) is 4.37. The molecule has 5 heteroatoms. The summed E-state index contributed by atoms with van der Waals surface area (Å²) in [6.07, 6.45) is 0. The molecule has 0 aliphatic carbocycles. The van der Waals surface area contributed by atoms with Crippen LogP contribution in [0.15, 0.2) is 0 Å². The topological polar surface area (TPSA) is 34.1 Å². The molecule has 0 amide bonds. The van der Waals surface area contributed by atoms with Gasteiger partial charge in [-0.1, -0.05) is 0 Å². The zero-order valence-corrected chi connectivity index (χ0v) is 7.31. The third-order valence-corrected chi connectivity index (χ3v) is 5.42. The van der Waals surface area contributed by atoms with Gasteiger partial charge in [0.05, 0.1) is 0 Å². The number of rotatable bonds is 1. The van der Waals surface area contributed by atoms with Crippen molar-refractivity contribution in [1.82, 2.24) is 0 Å². The highest BCUT2D eigenvalue weighted by Gasteiger charge is 2.15. The molecule has 0 N–H and O–H groups in total. The zero-order valence-electron chi connectivity index (χ0n) is 4.78. The summed E-state index contributed by atoms with van der Waals surface area (Å²) in [5.74, 6) is 2.87. The molecule has 0 radical (unpaired) electrons. The Balaban J connectivity index is 2.40. The molecule has 0 aromatic carbocycles. The highest BCUT2D eigenvalue weighted by atomic mass is 32.2. The highest BCUT2D eigenvalue weighted by molar-refractivity contribution is 8.12. The van der Waals surface area contributed by atoms with E-state index in [1.807, 2.05) is 0 Å². The van der Waals surface area contributed by atoms with Crippen molar-refractivity contribution in [1.29, 1.82) is 0 Å². The first kappa shape index (κ1) is 7.75. The lowest BCUT2D eigenvalue weighted by Crippen LogP contribution is -2.14. The van der Waals surface area contributed by atoms with Crippen LogP contribution in [0.4, 0.5) is 0 Å². The molecule has 0 bridgehead atoms. The Labute approximate surface area is 64.7 Å². The van der Waals surface area contributed by atoms with E-state index >= 15 is 0 Å². The third-order valence-electron chi connectivity index (χ3n) is 1.03. The first-order chi connectivity index (χ1) is 4.30. The fraction of sp³-hybridized carbons (Fsp3) is 1.00. The largest absolute Gasteiger partial charge is 0.231 e. The Bertz CT molecular complexity index is 140. The minimum absolute atomic E-state index is 0.112. The Kier molecular flexibility index (Phi) is 3.21. The van der Waals surface area contributed by atoms with Crippen molar-refractivity contribution < 1.29 is 8.42 Å². The van der Waals surface area contributed by atoms with Crippen LogP contribution in [0.2, 0.25) is 0 Å². The molecule has 1 aliphatic rings. The van der Waals surface area contributed by atoms with Crippen LogP contribution < -0.4 is 0 Å². The first-order valence-corrected chi connectivity index (χ1v) is 6.08. The SMILES string of the molecule is O=[SH](=O)C1CSCCS1. The number of thiol groups is 1. The summed E-state index contributed by atoms with van der Waals surface area (Å²) in [5, 5.41) is 0. The summed E-state index contributed by atoms with van der Waals surface area (Å²) in [7, 11) is -2.18. The molecule has 1 unspecified atom stereocenters. The van der Waals surface area contributed by atoms with Crippen LogP contribution in [0, 0.1) is 0 Å².